The number of carbonyl (C=O) groups excluding carboxylic acids is 1. The Labute approximate surface area is 180 Å². The molecule has 4 rings (SSSR count). The Hall–Kier alpha value is -2.33. The second-order valence-corrected chi connectivity index (χ2v) is 9.28. The summed E-state index contributed by atoms with van der Waals surface area (Å²) in [5.74, 6) is 1.89. The van der Waals surface area contributed by atoms with Crippen molar-refractivity contribution < 1.29 is 14.3 Å². The summed E-state index contributed by atoms with van der Waals surface area (Å²) in [5, 5.41) is 3.31. The smallest absolute Gasteiger partial charge is 0.217 e. The number of rotatable bonds is 4. The number of amides is 1. The minimum absolute atomic E-state index is 0.0357. The van der Waals surface area contributed by atoms with Gasteiger partial charge in [0.05, 0.1) is 19.3 Å². The first-order valence-corrected chi connectivity index (χ1v) is 11.1. The molecule has 0 aromatic heterocycles. The van der Waals surface area contributed by atoms with Crippen LogP contribution in [0.4, 0.5) is 0 Å². The molecule has 2 aromatic rings. The van der Waals surface area contributed by atoms with Gasteiger partial charge in [0.25, 0.3) is 0 Å². The van der Waals surface area contributed by atoms with Crippen molar-refractivity contribution in [1.82, 2.24) is 5.32 Å². The Morgan fingerprint density at radius 1 is 1.10 bits per heavy atom. The molecule has 0 bridgehead atoms. The third kappa shape index (κ3) is 3.98. The van der Waals surface area contributed by atoms with Crippen molar-refractivity contribution in [2.75, 3.05) is 7.11 Å². The van der Waals surface area contributed by atoms with E-state index in [-0.39, 0.29) is 23.7 Å². The van der Waals surface area contributed by atoms with Crippen LogP contribution in [0.15, 0.2) is 48.5 Å². The molecule has 1 aliphatic heterocycles. The molecular weight excluding hydrogens is 374 g/mol. The number of methoxy groups -OCH3 is 1. The van der Waals surface area contributed by atoms with Gasteiger partial charge in [0.2, 0.25) is 5.91 Å². The van der Waals surface area contributed by atoms with Crippen LogP contribution in [-0.4, -0.2) is 24.7 Å². The maximum atomic E-state index is 12.1. The molecule has 2 aromatic carbocycles. The number of hydrogen-bond acceptors (Lipinski definition) is 3. The monoisotopic (exact) mass is 407 g/mol. The van der Waals surface area contributed by atoms with E-state index in [9.17, 15) is 4.79 Å². The van der Waals surface area contributed by atoms with Crippen LogP contribution in [0.25, 0.3) is 11.1 Å². The molecule has 0 spiro atoms. The summed E-state index contributed by atoms with van der Waals surface area (Å²) in [7, 11) is 1.71. The second kappa shape index (κ2) is 8.43. The predicted octanol–water partition coefficient (Wildman–Crippen LogP) is 5.52. The van der Waals surface area contributed by atoms with E-state index in [0.717, 1.165) is 41.7 Å². The molecule has 160 valence electrons. The molecule has 1 saturated carbocycles. The molecule has 30 heavy (non-hydrogen) atoms. The molecule has 0 unspecified atom stereocenters. The Morgan fingerprint density at radius 2 is 1.80 bits per heavy atom. The molecule has 1 aliphatic carbocycles. The maximum absolute atomic E-state index is 12.1. The quantitative estimate of drug-likeness (QED) is 0.726. The molecular formula is C26H33NO3. The molecule has 5 atom stereocenters. The number of hydrogen-bond donors (Lipinski definition) is 1. The predicted molar refractivity (Wildman–Crippen MR) is 119 cm³/mol. The number of fused-ring (bicyclic) bond motifs is 1. The van der Waals surface area contributed by atoms with Gasteiger partial charge < -0.3 is 14.8 Å². The van der Waals surface area contributed by atoms with Crippen LogP contribution >= 0.6 is 0 Å². The SMILES string of the molecule is COc1ccccc1-c1ccccc1[C@H]1C[C@@](C)(NC(C)=O)[C@@H]2CC[C@@H](C)C[C@H]2O1. The van der Waals surface area contributed by atoms with Crippen molar-refractivity contribution in [3.8, 4) is 16.9 Å². The summed E-state index contributed by atoms with van der Waals surface area (Å²) in [4.78, 5) is 12.1. The van der Waals surface area contributed by atoms with Crippen LogP contribution in [0.1, 0.15) is 58.1 Å². The fraction of sp³-hybridized carbons (Fsp3) is 0.500. The lowest BCUT2D eigenvalue weighted by Gasteiger charge is -2.52. The van der Waals surface area contributed by atoms with Gasteiger partial charge in [0, 0.05) is 30.4 Å². The largest absolute Gasteiger partial charge is 0.496 e. The summed E-state index contributed by atoms with van der Waals surface area (Å²) >= 11 is 0. The van der Waals surface area contributed by atoms with Crippen molar-refractivity contribution in [3.05, 3.63) is 54.1 Å². The fourth-order valence-electron chi connectivity index (χ4n) is 5.62. The average molecular weight is 408 g/mol. The van der Waals surface area contributed by atoms with E-state index >= 15 is 0 Å². The first-order chi connectivity index (χ1) is 14.4. The highest BCUT2D eigenvalue weighted by atomic mass is 16.5. The Bertz CT molecular complexity index is 911. The molecule has 1 amide bonds. The molecule has 4 nitrogen and oxygen atoms in total. The molecule has 1 heterocycles. The fourth-order valence-corrected chi connectivity index (χ4v) is 5.62. The third-order valence-electron chi connectivity index (χ3n) is 6.99. The van der Waals surface area contributed by atoms with Gasteiger partial charge >= 0.3 is 0 Å². The highest BCUT2D eigenvalue weighted by molar-refractivity contribution is 5.75. The number of para-hydroxylation sites is 1. The van der Waals surface area contributed by atoms with Crippen LogP contribution in [0, 0.1) is 11.8 Å². The van der Waals surface area contributed by atoms with Gasteiger partial charge in [0.15, 0.2) is 0 Å². The van der Waals surface area contributed by atoms with Crippen molar-refractivity contribution >= 4 is 5.91 Å². The number of benzene rings is 2. The minimum atomic E-state index is -0.270. The van der Waals surface area contributed by atoms with Crippen LogP contribution in [0.3, 0.4) is 0 Å². The molecule has 1 saturated heterocycles. The maximum Gasteiger partial charge on any atom is 0.217 e. The van der Waals surface area contributed by atoms with E-state index in [1.54, 1.807) is 14.0 Å². The lowest BCUT2D eigenvalue weighted by molar-refractivity contribution is -0.152. The third-order valence-corrected chi connectivity index (χ3v) is 6.99. The van der Waals surface area contributed by atoms with Gasteiger partial charge in [0.1, 0.15) is 5.75 Å². The van der Waals surface area contributed by atoms with Crippen LogP contribution < -0.4 is 10.1 Å². The summed E-state index contributed by atoms with van der Waals surface area (Å²) in [6.45, 7) is 6.14. The zero-order valence-corrected chi connectivity index (χ0v) is 18.5. The van der Waals surface area contributed by atoms with Crippen molar-refractivity contribution in [1.29, 1.82) is 0 Å². The lowest BCUT2D eigenvalue weighted by Crippen LogP contribution is -2.60. The summed E-state index contributed by atoms with van der Waals surface area (Å²) in [6.07, 6.45) is 4.21. The average Bonchev–Trinajstić information content (AvgIpc) is 2.72. The normalized spacial score (nSPS) is 30.9. The van der Waals surface area contributed by atoms with E-state index in [1.165, 1.54) is 6.42 Å². The molecule has 4 heteroatoms. The van der Waals surface area contributed by atoms with Crippen molar-refractivity contribution in [2.45, 2.75) is 64.2 Å². The Morgan fingerprint density at radius 3 is 2.53 bits per heavy atom. The van der Waals surface area contributed by atoms with Crippen molar-refractivity contribution in [3.63, 3.8) is 0 Å². The van der Waals surface area contributed by atoms with Gasteiger partial charge in [-0.15, -0.1) is 0 Å². The Kier molecular flexibility index (Phi) is 5.88. The molecule has 2 fully saturated rings. The van der Waals surface area contributed by atoms with Gasteiger partial charge in [-0.25, -0.2) is 0 Å². The van der Waals surface area contributed by atoms with E-state index in [2.05, 4.69) is 49.5 Å². The van der Waals surface area contributed by atoms with Gasteiger partial charge in [-0.05, 0) is 42.9 Å². The number of ether oxygens (including phenoxy) is 2. The highest BCUT2D eigenvalue weighted by Gasteiger charge is 2.49. The van der Waals surface area contributed by atoms with Crippen LogP contribution in [0.5, 0.6) is 5.75 Å². The van der Waals surface area contributed by atoms with Crippen LogP contribution in [-0.2, 0) is 9.53 Å². The lowest BCUT2D eigenvalue weighted by atomic mass is 9.66. The second-order valence-electron chi connectivity index (χ2n) is 9.28. The van der Waals surface area contributed by atoms with Gasteiger partial charge in [-0.2, -0.15) is 0 Å². The van der Waals surface area contributed by atoms with Gasteiger partial charge in [-0.3, -0.25) is 4.79 Å². The minimum Gasteiger partial charge on any atom is -0.496 e. The van der Waals surface area contributed by atoms with E-state index in [4.69, 9.17) is 9.47 Å². The number of carbonyl (C=O) groups is 1. The van der Waals surface area contributed by atoms with Gasteiger partial charge in [-0.1, -0.05) is 55.8 Å². The topological polar surface area (TPSA) is 47.6 Å². The molecule has 1 N–H and O–H groups in total. The first-order valence-electron chi connectivity index (χ1n) is 11.1. The standard InChI is InChI=1S/C26H33NO3/c1-17-13-14-22-24(15-17)30-25(16-26(22,3)27-18(2)28)21-11-6-5-9-19(21)20-10-7-8-12-23(20)29-4/h5-12,17,22,24-25H,13-16H2,1-4H3,(H,27,28)/t17-,22-,24-,25-,26-/m1/s1. The van der Waals surface area contributed by atoms with Crippen molar-refractivity contribution in [2.24, 2.45) is 11.8 Å². The molecule has 2 aliphatic rings. The number of nitrogens with one attached hydrogen (secondary N) is 1. The Balaban J connectivity index is 1.75. The van der Waals surface area contributed by atoms with Crippen LogP contribution in [0.2, 0.25) is 0 Å². The summed E-state index contributed by atoms with van der Waals surface area (Å²) in [6, 6.07) is 16.6. The molecule has 0 radical (unpaired) electrons. The highest BCUT2D eigenvalue weighted by Crippen LogP contribution is 2.49. The zero-order valence-electron chi connectivity index (χ0n) is 18.5. The van der Waals surface area contributed by atoms with E-state index < -0.39 is 0 Å². The summed E-state index contributed by atoms with van der Waals surface area (Å²) in [5.41, 5.74) is 3.09. The van der Waals surface area contributed by atoms with E-state index in [1.807, 2.05) is 18.2 Å². The first kappa shape index (κ1) is 20.9. The summed E-state index contributed by atoms with van der Waals surface area (Å²) < 4.78 is 12.4. The van der Waals surface area contributed by atoms with E-state index in [0.29, 0.717) is 11.8 Å². The zero-order chi connectivity index (χ0) is 21.3.